The highest BCUT2D eigenvalue weighted by molar-refractivity contribution is 5.93. The Labute approximate surface area is 151 Å². The second kappa shape index (κ2) is 6.54. The number of para-hydroxylation sites is 1. The number of nitrogens with one attached hydrogen (secondary N) is 3. The van der Waals surface area contributed by atoms with Crippen LogP contribution in [0, 0.1) is 0 Å². The Hall–Kier alpha value is -3.72. The van der Waals surface area contributed by atoms with Gasteiger partial charge in [-0.1, -0.05) is 12.1 Å². The van der Waals surface area contributed by atoms with Crippen LogP contribution in [0.3, 0.4) is 0 Å². The number of aliphatic hydroxyl groups excluding tert-OH is 1. The van der Waals surface area contributed by atoms with E-state index in [1.165, 1.54) is 0 Å². The smallest absolute Gasteiger partial charge is 0.329 e. The van der Waals surface area contributed by atoms with Gasteiger partial charge in [-0.25, -0.2) is 9.78 Å². The first-order valence-corrected chi connectivity index (χ1v) is 8.16. The first-order valence-electron chi connectivity index (χ1n) is 8.16. The molecule has 0 saturated heterocycles. The summed E-state index contributed by atoms with van der Waals surface area (Å²) in [5.41, 5.74) is 1.03. The highest BCUT2D eigenvalue weighted by atomic mass is 16.3. The quantitative estimate of drug-likeness (QED) is 0.422. The third kappa shape index (κ3) is 3.11. The van der Waals surface area contributed by atoms with E-state index in [9.17, 15) is 14.4 Å². The number of imidazole rings is 1. The van der Waals surface area contributed by atoms with Gasteiger partial charge in [0.1, 0.15) is 19.0 Å². The molecule has 136 valence electrons. The van der Waals surface area contributed by atoms with E-state index in [1.54, 1.807) is 42.5 Å². The number of fused-ring (bicyclic) bond motifs is 2. The minimum atomic E-state index is -0.648. The van der Waals surface area contributed by atoms with Crippen molar-refractivity contribution in [1.29, 1.82) is 0 Å². The standard InChI is InChI=1S/C18H15N5O4/c24-9-15-20-13-6-5-10(7-14(13)21-15)19-16(25)8-23-17(26)11-3-1-2-4-12(11)22-18(23)27/h1-7,24H,8-9H2,(H,19,25)(H,20,21)(H,22,27). The zero-order valence-electron chi connectivity index (χ0n) is 14.0. The molecular weight excluding hydrogens is 350 g/mol. The van der Waals surface area contributed by atoms with Crippen LogP contribution in [0.15, 0.2) is 52.1 Å². The van der Waals surface area contributed by atoms with Gasteiger partial charge in [-0.2, -0.15) is 0 Å². The van der Waals surface area contributed by atoms with Gasteiger partial charge in [0, 0.05) is 5.69 Å². The molecule has 4 rings (SSSR count). The maximum absolute atomic E-state index is 12.5. The largest absolute Gasteiger partial charge is 0.388 e. The molecule has 0 aliphatic rings. The summed E-state index contributed by atoms with van der Waals surface area (Å²) in [6.45, 7) is -0.633. The Morgan fingerprint density at radius 3 is 2.74 bits per heavy atom. The summed E-state index contributed by atoms with van der Waals surface area (Å²) in [7, 11) is 0. The van der Waals surface area contributed by atoms with Crippen molar-refractivity contribution in [2.45, 2.75) is 13.2 Å². The van der Waals surface area contributed by atoms with Gasteiger partial charge in [0.15, 0.2) is 0 Å². The summed E-state index contributed by atoms with van der Waals surface area (Å²) >= 11 is 0. The molecule has 1 amide bonds. The fraction of sp³-hybridized carbons (Fsp3) is 0.111. The van der Waals surface area contributed by atoms with Crippen molar-refractivity contribution in [3.05, 3.63) is 69.1 Å². The average molecular weight is 365 g/mol. The third-order valence-corrected chi connectivity index (χ3v) is 4.16. The number of hydrogen-bond donors (Lipinski definition) is 4. The number of aliphatic hydroxyl groups is 1. The molecule has 0 saturated carbocycles. The highest BCUT2D eigenvalue weighted by Gasteiger charge is 2.12. The van der Waals surface area contributed by atoms with Crippen LogP contribution >= 0.6 is 0 Å². The van der Waals surface area contributed by atoms with Gasteiger partial charge in [0.05, 0.1) is 21.9 Å². The zero-order valence-corrected chi connectivity index (χ0v) is 14.0. The lowest BCUT2D eigenvalue weighted by Crippen LogP contribution is -2.38. The first kappa shape index (κ1) is 16.7. The number of benzene rings is 2. The van der Waals surface area contributed by atoms with Crippen LogP contribution in [0.4, 0.5) is 5.69 Å². The maximum Gasteiger partial charge on any atom is 0.329 e. The molecular formula is C18H15N5O4. The Morgan fingerprint density at radius 2 is 1.93 bits per heavy atom. The van der Waals surface area contributed by atoms with Crippen LogP contribution in [-0.2, 0) is 17.9 Å². The number of nitrogens with zero attached hydrogens (tertiary/aromatic N) is 2. The summed E-state index contributed by atoms with van der Waals surface area (Å²) in [4.78, 5) is 46.6. The number of aromatic amines is 2. The minimum absolute atomic E-state index is 0.218. The summed E-state index contributed by atoms with van der Waals surface area (Å²) in [6, 6.07) is 11.6. The topological polar surface area (TPSA) is 133 Å². The van der Waals surface area contributed by atoms with Gasteiger partial charge in [-0.05, 0) is 30.3 Å². The molecule has 9 nitrogen and oxygen atoms in total. The minimum Gasteiger partial charge on any atom is -0.388 e. The Bertz CT molecular complexity index is 1280. The number of hydrogen-bond acceptors (Lipinski definition) is 5. The predicted molar refractivity (Wildman–Crippen MR) is 99.5 cm³/mol. The van der Waals surface area contributed by atoms with E-state index in [0.29, 0.717) is 33.4 Å². The lowest BCUT2D eigenvalue weighted by Gasteiger charge is -2.08. The lowest BCUT2D eigenvalue weighted by atomic mass is 10.2. The van der Waals surface area contributed by atoms with Crippen LogP contribution in [-0.4, -0.2) is 30.5 Å². The van der Waals surface area contributed by atoms with E-state index >= 15 is 0 Å². The monoisotopic (exact) mass is 365 g/mol. The zero-order chi connectivity index (χ0) is 19.0. The number of H-pyrrole nitrogens is 2. The van der Waals surface area contributed by atoms with Crippen molar-refractivity contribution in [2.75, 3.05) is 5.32 Å². The normalized spacial score (nSPS) is 11.1. The lowest BCUT2D eigenvalue weighted by molar-refractivity contribution is -0.116. The third-order valence-electron chi connectivity index (χ3n) is 4.16. The molecule has 0 aliphatic carbocycles. The Kier molecular flexibility index (Phi) is 4.05. The van der Waals surface area contributed by atoms with Crippen molar-refractivity contribution < 1.29 is 9.90 Å². The van der Waals surface area contributed by atoms with Crippen LogP contribution in [0.1, 0.15) is 5.82 Å². The molecule has 0 atom stereocenters. The average Bonchev–Trinajstić information content (AvgIpc) is 3.07. The summed E-state index contributed by atoms with van der Waals surface area (Å²) in [6.07, 6.45) is 0. The fourth-order valence-electron chi connectivity index (χ4n) is 2.90. The molecule has 0 bridgehead atoms. The van der Waals surface area contributed by atoms with E-state index in [2.05, 4.69) is 20.3 Å². The summed E-state index contributed by atoms with van der Waals surface area (Å²) in [5, 5.41) is 12.1. The molecule has 0 spiro atoms. The number of carbonyl (C=O) groups excluding carboxylic acids is 1. The molecule has 0 fully saturated rings. The fourth-order valence-corrected chi connectivity index (χ4v) is 2.90. The first-order chi connectivity index (χ1) is 13.0. The number of aromatic nitrogens is 4. The van der Waals surface area contributed by atoms with Crippen molar-refractivity contribution >= 4 is 33.5 Å². The van der Waals surface area contributed by atoms with Crippen LogP contribution < -0.4 is 16.6 Å². The molecule has 2 aromatic heterocycles. The summed E-state index contributed by atoms with van der Waals surface area (Å²) in [5.74, 6) is -0.0955. The Morgan fingerprint density at radius 1 is 1.11 bits per heavy atom. The van der Waals surface area contributed by atoms with E-state index in [4.69, 9.17) is 5.11 Å². The van der Waals surface area contributed by atoms with E-state index < -0.39 is 23.7 Å². The maximum atomic E-state index is 12.5. The second-order valence-corrected chi connectivity index (χ2v) is 5.99. The van der Waals surface area contributed by atoms with Crippen LogP contribution in [0.2, 0.25) is 0 Å². The molecule has 2 heterocycles. The molecule has 0 radical (unpaired) electrons. The highest BCUT2D eigenvalue weighted by Crippen LogP contribution is 2.17. The van der Waals surface area contributed by atoms with Crippen molar-refractivity contribution in [1.82, 2.24) is 19.5 Å². The molecule has 0 aliphatic heterocycles. The van der Waals surface area contributed by atoms with Gasteiger partial charge < -0.3 is 20.4 Å². The summed E-state index contributed by atoms with van der Waals surface area (Å²) < 4.78 is 0.857. The van der Waals surface area contributed by atoms with E-state index in [1.807, 2.05) is 0 Å². The van der Waals surface area contributed by atoms with Crippen LogP contribution in [0.5, 0.6) is 0 Å². The molecule has 0 unspecified atom stereocenters. The van der Waals surface area contributed by atoms with Gasteiger partial charge in [-0.15, -0.1) is 0 Å². The van der Waals surface area contributed by atoms with Gasteiger partial charge >= 0.3 is 5.69 Å². The van der Waals surface area contributed by atoms with Crippen molar-refractivity contribution in [2.24, 2.45) is 0 Å². The Balaban J connectivity index is 1.60. The number of amides is 1. The molecule has 27 heavy (non-hydrogen) atoms. The van der Waals surface area contributed by atoms with E-state index in [-0.39, 0.29) is 6.61 Å². The van der Waals surface area contributed by atoms with Gasteiger partial charge in [-0.3, -0.25) is 14.2 Å². The predicted octanol–water partition coefficient (Wildman–Crippen LogP) is 0.697. The van der Waals surface area contributed by atoms with E-state index in [0.717, 1.165) is 4.57 Å². The SMILES string of the molecule is O=C(Cn1c(=O)[nH]c2ccccc2c1=O)Nc1ccc2nc(CO)[nH]c2c1. The number of rotatable bonds is 4. The van der Waals surface area contributed by atoms with Crippen molar-refractivity contribution in [3.8, 4) is 0 Å². The number of carbonyl (C=O) groups is 1. The second-order valence-electron chi connectivity index (χ2n) is 5.99. The number of anilines is 1. The van der Waals surface area contributed by atoms with Gasteiger partial charge in [0.2, 0.25) is 5.91 Å². The van der Waals surface area contributed by atoms with Crippen molar-refractivity contribution in [3.63, 3.8) is 0 Å². The molecule has 4 aromatic rings. The van der Waals surface area contributed by atoms with Gasteiger partial charge in [0.25, 0.3) is 5.56 Å². The molecule has 9 heteroatoms. The van der Waals surface area contributed by atoms with Crippen LogP contribution in [0.25, 0.3) is 21.9 Å². The molecule has 2 aromatic carbocycles. The molecule has 4 N–H and O–H groups in total.